The molecule has 2 saturated heterocycles. The second-order valence-corrected chi connectivity index (χ2v) is 5.98. The van der Waals surface area contributed by atoms with Crippen molar-refractivity contribution in [2.75, 3.05) is 33.4 Å². The third kappa shape index (κ3) is 4.19. The van der Waals surface area contributed by atoms with Crippen molar-refractivity contribution < 1.29 is 32.5 Å². The molecule has 2 heterocycles. The van der Waals surface area contributed by atoms with Crippen LogP contribution in [0.15, 0.2) is 18.2 Å². The second kappa shape index (κ2) is 7.97. The van der Waals surface area contributed by atoms with Crippen LogP contribution < -0.4 is 9.47 Å². The van der Waals surface area contributed by atoms with Gasteiger partial charge in [0.2, 0.25) is 0 Å². The van der Waals surface area contributed by atoms with Crippen LogP contribution in [0.3, 0.4) is 0 Å². The van der Waals surface area contributed by atoms with E-state index in [9.17, 15) is 13.6 Å². The number of hydrogen-bond acceptors (Lipinski definition) is 5. The van der Waals surface area contributed by atoms with Gasteiger partial charge in [0.15, 0.2) is 17.8 Å². The molecule has 0 aromatic heterocycles. The number of benzene rings is 1. The summed E-state index contributed by atoms with van der Waals surface area (Å²) in [6.07, 6.45) is 1.45. The molecule has 0 unspecified atom stereocenters. The maximum atomic E-state index is 12.6. The van der Waals surface area contributed by atoms with E-state index in [2.05, 4.69) is 4.74 Å². The largest absolute Gasteiger partial charge is 0.493 e. The quantitative estimate of drug-likeness (QED) is 0.811. The molecule has 25 heavy (non-hydrogen) atoms. The number of hydrogen-bond donors (Lipinski definition) is 0. The molecular weight excluding hydrogens is 336 g/mol. The summed E-state index contributed by atoms with van der Waals surface area (Å²) in [4.78, 5) is 14.4. The molecule has 8 heteroatoms. The minimum Gasteiger partial charge on any atom is -0.493 e. The molecule has 0 N–H and O–H groups in total. The van der Waals surface area contributed by atoms with Gasteiger partial charge in [0, 0.05) is 24.6 Å². The lowest BCUT2D eigenvalue weighted by atomic mass is 9.95. The number of nitrogens with zero attached hydrogens (tertiary/aromatic N) is 1. The highest BCUT2D eigenvalue weighted by molar-refractivity contribution is 5.95. The molecule has 2 aliphatic rings. The highest BCUT2D eigenvalue weighted by Gasteiger charge is 2.32. The smallest absolute Gasteiger partial charge is 0.387 e. The number of carbonyl (C=O) groups excluding carboxylic acids is 1. The number of piperidine rings is 1. The molecular formula is C17H21F2NO5. The van der Waals surface area contributed by atoms with Gasteiger partial charge in [0.1, 0.15) is 0 Å². The third-order valence-electron chi connectivity index (χ3n) is 4.49. The Morgan fingerprint density at radius 1 is 1.20 bits per heavy atom. The summed E-state index contributed by atoms with van der Waals surface area (Å²) in [6, 6.07) is 4.22. The van der Waals surface area contributed by atoms with Crippen LogP contribution in [-0.4, -0.2) is 57.1 Å². The van der Waals surface area contributed by atoms with E-state index in [0.717, 1.165) is 12.8 Å². The van der Waals surface area contributed by atoms with Gasteiger partial charge in [-0.15, -0.1) is 0 Å². The summed E-state index contributed by atoms with van der Waals surface area (Å²) in [6.45, 7) is -0.503. The molecule has 138 valence electrons. The van der Waals surface area contributed by atoms with Crippen molar-refractivity contribution in [3.8, 4) is 11.5 Å². The first-order valence-electron chi connectivity index (χ1n) is 8.24. The van der Waals surface area contributed by atoms with Gasteiger partial charge >= 0.3 is 6.61 Å². The minimum atomic E-state index is -2.95. The molecule has 3 rings (SSSR count). The Kier molecular flexibility index (Phi) is 5.70. The minimum absolute atomic E-state index is 0.0942. The van der Waals surface area contributed by atoms with Crippen LogP contribution in [0.1, 0.15) is 23.2 Å². The summed E-state index contributed by atoms with van der Waals surface area (Å²) < 4.78 is 45.2. The van der Waals surface area contributed by atoms with E-state index in [-0.39, 0.29) is 23.7 Å². The SMILES string of the molecule is COc1cc(C(=O)N2CCC(C3OCCO3)CC2)ccc1OC(F)F. The molecule has 0 aliphatic carbocycles. The van der Waals surface area contributed by atoms with Crippen molar-refractivity contribution >= 4 is 5.91 Å². The standard InChI is InChI=1S/C17H21F2NO5/c1-22-14-10-12(2-3-13(14)25-17(18)19)15(21)20-6-4-11(5-7-20)16-23-8-9-24-16/h2-3,10-11,16-17H,4-9H2,1H3. The monoisotopic (exact) mass is 357 g/mol. The van der Waals surface area contributed by atoms with Crippen LogP contribution in [0.2, 0.25) is 0 Å². The van der Waals surface area contributed by atoms with E-state index in [0.29, 0.717) is 37.8 Å². The first-order valence-corrected chi connectivity index (χ1v) is 8.24. The average Bonchev–Trinajstić information content (AvgIpc) is 3.16. The van der Waals surface area contributed by atoms with Crippen molar-refractivity contribution in [3.05, 3.63) is 23.8 Å². The molecule has 1 aromatic carbocycles. The van der Waals surface area contributed by atoms with Crippen LogP contribution in [0.25, 0.3) is 0 Å². The van der Waals surface area contributed by atoms with Gasteiger partial charge in [0.25, 0.3) is 5.91 Å². The van der Waals surface area contributed by atoms with Crippen LogP contribution in [-0.2, 0) is 9.47 Å². The van der Waals surface area contributed by atoms with Crippen LogP contribution in [0.5, 0.6) is 11.5 Å². The van der Waals surface area contributed by atoms with E-state index < -0.39 is 6.61 Å². The number of ether oxygens (including phenoxy) is 4. The fourth-order valence-electron chi connectivity index (χ4n) is 3.20. The van der Waals surface area contributed by atoms with Gasteiger partial charge < -0.3 is 23.8 Å². The lowest BCUT2D eigenvalue weighted by Gasteiger charge is -2.34. The van der Waals surface area contributed by atoms with Gasteiger partial charge in [0.05, 0.1) is 20.3 Å². The molecule has 1 aromatic rings. The number of alkyl halides is 2. The fourth-order valence-corrected chi connectivity index (χ4v) is 3.20. The lowest BCUT2D eigenvalue weighted by Crippen LogP contribution is -2.41. The summed E-state index contributed by atoms with van der Waals surface area (Å²) in [7, 11) is 1.34. The molecule has 1 amide bonds. The Hall–Kier alpha value is -1.93. The molecule has 0 bridgehead atoms. The van der Waals surface area contributed by atoms with Gasteiger partial charge in [-0.2, -0.15) is 8.78 Å². The number of likely N-dealkylation sites (tertiary alicyclic amines) is 1. The number of methoxy groups -OCH3 is 1. The molecule has 6 nitrogen and oxygen atoms in total. The Labute approximate surface area is 144 Å². The Morgan fingerprint density at radius 2 is 1.88 bits per heavy atom. The van der Waals surface area contributed by atoms with Crippen LogP contribution >= 0.6 is 0 Å². The summed E-state index contributed by atoms with van der Waals surface area (Å²) in [5.74, 6) is 0.147. The van der Waals surface area contributed by atoms with Crippen molar-refractivity contribution in [2.24, 2.45) is 5.92 Å². The first-order chi connectivity index (χ1) is 12.1. The van der Waals surface area contributed by atoms with Crippen molar-refractivity contribution in [3.63, 3.8) is 0 Å². The summed E-state index contributed by atoms with van der Waals surface area (Å²) >= 11 is 0. The summed E-state index contributed by atoms with van der Waals surface area (Å²) in [5.41, 5.74) is 0.380. The zero-order valence-corrected chi connectivity index (χ0v) is 14.0. The number of amides is 1. The Bertz CT molecular complexity index is 599. The van der Waals surface area contributed by atoms with Gasteiger partial charge in [-0.3, -0.25) is 4.79 Å². The molecule has 0 atom stereocenters. The topological polar surface area (TPSA) is 57.2 Å². The Morgan fingerprint density at radius 3 is 2.48 bits per heavy atom. The molecule has 2 fully saturated rings. The van der Waals surface area contributed by atoms with E-state index in [1.54, 1.807) is 4.90 Å². The van der Waals surface area contributed by atoms with Crippen molar-refractivity contribution in [2.45, 2.75) is 25.7 Å². The normalized spacial score (nSPS) is 19.4. The maximum absolute atomic E-state index is 12.6. The van der Waals surface area contributed by atoms with Gasteiger partial charge in [-0.1, -0.05) is 0 Å². The van der Waals surface area contributed by atoms with Crippen LogP contribution in [0.4, 0.5) is 8.78 Å². The van der Waals surface area contributed by atoms with E-state index in [4.69, 9.17) is 14.2 Å². The lowest BCUT2D eigenvalue weighted by molar-refractivity contribution is -0.0956. The second-order valence-electron chi connectivity index (χ2n) is 5.98. The van der Waals surface area contributed by atoms with Gasteiger partial charge in [-0.05, 0) is 31.0 Å². The predicted octanol–water partition coefficient (Wildman–Crippen LogP) is 2.52. The highest BCUT2D eigenvalue weighted by Crippen LogP contribution is 2.31. The molecule has 0 radical (unpaired) electrons. The first kappa shape index (κ1) is 17.9. The van der Waals surface area contributed by atoms with Gasteiger partial charge in [-0.25, -0.2) is 0 Å². The number of rotatable bonds is 5. The van der Waals surface area contributed by atoms with E-state index in [1.807, 2.05) is 0 Å². The predicted molar refractivity (Wildman–Crippen MR) is 83.9 cm³/mol. The fraction of sp³-hybridized carbons (Fsp3) is 0.588. The summed E-state index contributed by atoms with van der Waals surface area (Å²) in [5, 5.41) is 0. The van der Waals surface area contributed by atoms with Crippen molar-refractivity contribution in [1.82, 2.24) is 4.90 Å². The van der Waals surface area contributed by atoms with E-state index in [1.165, 1.54) is 25.3 Å². The van der Waals surface area contributed by atoms with E-state index >= 15 is 0 Å². The maximum Gasteiger partial charge on any atom is 0.387 e. The van der Waals surface area contributed by atoms with Crippen LogP contribution in [0, 0.1) is 5.92 Å². The molecule has 0 spiro atoms. The zero-order valence-electron chi connectivity index (χ0n) is 14.0. The number of halogens is 2. The Balaban J connectivity index is 1.63. The zero-order chi connectivity index (χ0) is 17.8. The average molecular weight is 357 g/mol. The molecule has 2 aliphatic heterocycles. The molecule has 0 saturated carbocycles. The van der Waals surface area contributed by atoms with Crippen molar-refractivity contribution in [1.29, 1.82) is 0 Å². The highest BCUT2D eigenvalue weighted by atomic mass is 19.3. The third-order valence-corrected chi connectivity index (χ3v) is 4.49. The number of carbonyl (C=O) groups is 1.